The summed E-state index contributed by atoms with van der Waals surface area (Å²) in [4.78, 5) is 4.31. The van der Waals surface area contributed by atoms with Gasteiger partial charge in [0.2, 0.25) is 0 Å². The number of fused-ring (bicyclic) bond motifs is 1. The Morgan fingerprint density at radius 1 is 1.12 bits per heavy atom. The molecule has 2 rings (SSSR count). The minimum Gasteiger partial charge on any atom is -0.257 e. The summed E-state index contributed by atoms with van der Waals surface area (Å²) in [5.41, 5.74) is 1.30. The van der Waals surface area contributed by atoms with Crippen molar-refractivity contribution in [2.75, 3.05) is 0 Å². The first-order valence-corrected chi connectivity index (χ1v) is 6.16. The third-order valence-electron chi connectivity index (χ3n) is 2.08. The predicted molar refractivity (Wildman–Crippen MR) is 73.5 cm³/mol. The topological polar surface area (TPSA) is 12.9 Å². The van der Waals surface area contributed by atoms with Crippen molar-refractivity contribution in [1.29, 1.82) is 0 Å². The van der Waals surface area contributed by atoms with Crippen LogP contribution in [0.5, 0.6) is 0 Å². The molecule has 1 heteroatoms. The maximum Gasteiger partial charge on any atom is 0.0667 e. The molecule has 1 aromatic rings. The highest BCUT2D eigenvalue weighted by Gasteiger charge is 1.92. The Morgan fingerprint density at radius 2 is 1.81 bits per heavy atom. The number of hydrogen-bond acceptors (Lipinski definition) is 1. The summed E-state index contributed by atoms with van der Waals surface area (Å²) in [6.45, 7) is 10.1. The standard InChI is InChI=1S/C11H11N.2C2H6/c1-9-5-2-3-7-11-10(9)6-4-8-12-11;2*1-2/h2,4-8H,3H2,1H3;2*1-2H3. The van der Waals surface area contributed by atoms with E-state index in [1.165, 1.54) is 10.8 Å². The lowest BCUT2D eigenvalue weighted by molar-refractivity contribution is 1.20. The molecule has 1 nitrogen and oxygen atoms in total. The Morgan fingerprint density at radius 3 is 2.50 bits per heavy atom. The second-order valence-corrected chi connectivity index (χ2v) is 2.96. The molecule has 0 fully saturated rings. The fourth-order valence-corrected chi connectivity index (χ4v) is 1.43. The van der Waals surface area contributed by atoms with Crippen LogP contribution in [0.2, 0.25) is 0 Å². The first-order valence-electron chi connectivity index (χ1n) is 6.16. The average molecular weight is 217 g/mol. The van der Waals surface area contributed by atoms with Crippen LogP contribution < -0.4 is 10.6 Å². The Hall–Kier alpha value is -1.37. The monoisotopic (exact) mass is 217 g/mol. The summed E-state index contributed by atoms with van der Waals surface area (Å²) < 4.78 is 0. The SMILES string of the molecule is CC.CC.CC1=c2cccnc2=CCC=C1. The maximum atomic E-state index is 4.31. The number of rotatable bonds is 0. The van der Waals surface area contributed by atoms with E-state index in [1.807, 2.05) is 40.0 Å². The van der Waals surface area contributed by atoms with Crippen LogP contribution in [0.3, 0.4) is 0 Å². The van der Waals surface area contributed by atoms with E-state index in [2.05, 4.69) is 36.2 Å². The number of pyridine rings is 1. The van der Waals surface area contributed by atoms with Crippen molar-refractivity contribution < 1.29 is 0 Å². The van der Waals surface area contributed by atoms with Crippen LogP contribution in [0, 0.1) is 0 Å². The van der Waals surface area contributed by atoms with E-state index in [4.69, 9.17) is 0 Å². The van der Waals surface area contributed by atoms with E-state index >= 15 is 0 Å². The average Bonchev–Trinajstić information content (AvgIpc) is 2.57. The Balaban J connectivity index is 0.000000509. The van der Waals surface area contributed by atoms with Gasteiger partial charge in [-0.05, 0) is 25.0 Å². The number of hydrogen-bond donors (Lipinski definition) is 0. The molecule has 0 spiro atoms. The summed E-state index contributed by atoms with van der Waals surface area (Å²) in [5, 5.41) is 2.37. The zero-order valence-corrected chi connectivity index (χ0v) is 11.1. The van der Waals surface area contributed by atoms with E-state index in [0.717, 1.165) is 11.8 Å². The molecular formula is C15H23N. The van der Waals surface area contributed by atoms with Crippen molar-refractivity contribution in [1.82, 2.24) is 4.98 Å². The summed E-state index contributed by atoms with van der Waals surface area (Å²) in [5.74, 6) is 0. The highest BCUT2D eigenvalue weighted by molar-refractivity contribution is 5.56. The maximum absolute atomic E-state index is 4.31. The van der Waals surface area contributed by atoms with Gasteiger partial charge in [-0.2, -0.15) is 0 Å². The third-order valence-corrected chi connectivity index (χ3v) is 2.08. The lowest BCUT2D eigenvalue weighted by atomic mass is 10.2. The molecule has 1 aliphatic rings. The van der Waals surface area contributed by atoms with E-state index < -0.39 is 0 Å². The summed E-state index contributed by atoms with van der Waals surface area (Å²) in [6, 6.07) is 4.10. The molecule has 0 radical (unpaired) electrons. The molecule has 0 saturated heterocycles. The third kappa shape index (κ3) is 4.01. The minimum absolute atomic E-state index is 0.987. The van der Waals surface area contributed by atoms with E-state index in [9.17, 15) is 0 Å². The van der Waals surface area contributed by atoms with Gasteiger partial charge in [0.05, 0.1) is 5.35 Å². The second-order valence-electron chi connectivity index (χ2n) is 2.96. The van der Waals surface area contributed by atoms with Gasteiger partial charge in [-0.15, -0.1) is 0 Å². The van der Waals surface area contributed by atoms with Crippen molar-refractivity contribution in [2.45, 2.75) is 41.0 Å². The lowest BCUT2D eigenvalue weighted by Crippen LogP contribution is -2.28. The second kappa shape index (κ2) is 8.90. The van der Waals surface area contributed by atoms with Gasteiger partial charge in [-0.25, -0.2) is 0 Å². The minimum atomic E-state index is 0.987. The van der Waals surface area contributed by atoms with Gasteiger partial charge in [-0.3, -0.25) is 4.98 Å². The van der Waals surface area contributed by atoms with Crippen LogP contribution in [0.25, 0.3) is 11.6 Å². The number of allylic oxidation sites excluding steroid dienone is 2. The van der Waals surface area contributed by atoms with Crippen LogP contribution in [0.15, 0.2) is 30.5 Å². The predicted octanol–water partition coefficient (Wildman–Crippen LogP) is 3.05. The van der Waals surface area contributed by atoms with Gasteiger partial charge in [0.1, 0.15) is 0 Å². The zero-order valence-electron chi connectivity index (χ0n) is 11.1. The molecule has 0 amide bonds. The van der Waals surface area contributed by atoms with Crippen LogP contribution in [0.1, 0.15) is 41.0 Å². The van der Waals surface area contributed by atoms with Crippen LogP contribution in [-0.4, -0.2) is 4.98 Å². The van der Waals surface area contributed by atoms with Crippen LogP contribution in [0.4, 0.5) is 0 Å². The van der Waals surface area contributed by atoms with Crippen molar-refractivity contribution in [2.24, 2.45) is 0 Å². The van der Waals surface area contributed by atoms with Gasteiger partial charge in [0.15, 0.2) is 0 Å². The molecule has 0 aromatic carbocycles. The van der Waals surface area contributed by atoms with Gasteiger partial charge in [0, 0.05) is 11.4 Å². The molecule has 0 aliphatic heterocycles. The van der Waals surface area contributed by atoms with Gasteiger partial charge in [0.25, 0.3) is 0 Å². The molecule has 0 atom stereocenters. The molecule has 0 saturated carbocycles. The molecule has 1 aliphatic carbocycles. The first-order chi connectivity index (χ1) is 7.88. The summed E-state index contributed by atoms with van der Waals surface area (Å²) in [6.07, 6.45) is 9.30. The zero-order chi connectivity index (χ0) is 12.4. The molecule has 0 bridgehead atoms. The number of nitrogens with zero attached hydrogens (tertiary/aromatic N) is 1. The molecule has 16 heavy (non-hydrogen) atoms. The van der Waals surface area contributed by atoms with Crippen molar-refractivity contribution >= 4 is 11.6 Å². The van der Waals surface area contributed by atoms with Crippen LogP contribution >= 0.6 is 0 Å². The largest absolute Gasteiger partial charge is 0.257 e. The molecule has 0 N–H and O–H groups in total. The molecule has 1 heterocycles. The van der Waals surface area contributed by atoms with Crippen LogP contribution in [-0.2, 0) is 0 Å². The summed E-state index contributed by atoms with van der Waals surface area (Å²) >= 11 is 0. The fraction of sp³-hybridized carbons (Fsp3) is 0.400. The van der Waals surface area contributed by atoms with E-state index in [0.29, 0.717) is 0 Å². The van der Waals surface area contributed by atoms with Crippen molar-refractivity contribution in [3.05, 3.63) is 41.0 Å². The van der Waals surface area contributed by atoms with E-state index in [-0.39, 0.29) is 0 Å². The molecule has 1 aromatic heterocycles. The van der Waals surface area contributed by atoms with Crippen molar-refractivity contribution in [3.8, 4) is 0 Å². The summed E-state index contributed by atoms with van der Waals surface area (Å²) in [7, 11) is 0. The quantitative estimate of drug-likeness (QED) is 0.651. The van der Waals surface area contributed by atoms with Gasteiger partial charge >= 0.3 is 0 Å². The first kappa shape index (κ1) is 14.6. The van der Waals surface area contributed by atoms with E-state index in [1.54, 1.807) is 0 Å². The Kier molecular flexibility index (Phi) is 8.14. The molecule has 0 unspecified atom stereocenters. The smallest absolute Gasteiger partial charge is 0.0667 e. The van der Waals surface area contributed by atoms with Gasteiger partial charge < -0.3 is 0 Å². The highest BCUT2D eigenvalue weighted by Crippen LogP contribution is 1.96. The number of aromatic nitrogens is 1. The molecular weight excluding hydrogens is 194 g/mol. The lowest BCUT2D eigenvalue weighted by Gasteiger charge is -1.90. The Labute approximate surface area is 99.2 Å². The molecule has 88 valence electrons. The van der Waals surface area contributed by atoms with Gasteiger partial charge in [-0.1, -0.05) is 52.0 Å². The normalized spacial score (nSPS) is 11.9. The fourth-order valence-electron chi connectivity index (χ4n) is 1.43. The van der Waals surface area contributed by atoms with Crippen molar-refractivity contribution in [3.63, 3.8) is 0 Å². The Bertz CT molecular complexity index is 427. The highest BCUT2D eigenvalue weighted by atomic mass is 14.6.